The molecule has 0 bridgehead atoms. The topological polar surface area (TPSA) is 70.2 Å². The van der Waals surface area contributed by atoms with Crippen molar-refractivity contribution >= 4 is 11.8 Å². The molecule has 1 aliphatic carbocycles. The monoisotopic (exact) mass is 343 g/mol. The molecule has 0 aliphatic heterocycles. The normalized spacial score (nSPS) is 18.7. The minimum Gasteiger partial charge on any atom is -0.341 e. The van der Waals surface area contributed by atoms with Crippen LogP contribution in [0.2, 0.25) is 0 Å². The number of allylic oxidation sites excluding steroid dienone is 2. The predicted molar refractivity (Wildman–Crippen MR) is 99.2 cm³/mol. The number of nitrogens with one attached hydrogen (secondary N) is 3. The van der Waals surface area contributed by atoms with Crippen molar-refractivity contribution in [3.05, 3.63) is 47.7 Å². The molecule has 0 aromatic heterocycles. The Labute approximate surface area is 150 Å². The SMILES string of the molecule is C[C@@H](NC(=O)C(=O)NNC1=CC[C@H](C(C)(C)C)CC1)c1ccccc1. The molecule has 0 heterocycles. The molecule has 5 nitrogen and oxygen atoms in total. The lowest BCUT2D eigenvalue weighted by atomic mass is 9.74. The van der Waals surface area contributed by atoms with Crippen molar-refractivity contribution in [1.82, 2.24) is 16.2 Å². The minimum absolute atomic E-state index is 0.221. The van der Waals surface area contributed by atoms with Crippen molar-refractivity contribution in [2.75, 3.05) is 0 Å². The van der Waals surface area contributed by atoms with E-state index in [1.54, 1.807) is 0 Å². The van der Waals surface area contributed by atoms with Gasteiger partial charge in [-0.25, -0.2) is 0 Å². The fourth-order valence-corrected chi connectivity index (χ4v) is 3.02. The maximum absolute atomic E-state index is 12.0. The summed E-state index contributed by atoms with van der Waals surface area (Å²) in [4.78, 5) is 24.0. The summed E-state index contributed by atoms with van der Waals surface area (Å²) in [5, 5.41) is 2.70. The second kappa shape index (κ2) is 8.19. The summed E-state index contributed by atoms with van der Waals surface area (Å²) in [5.41, 5.74) is 7.60. The molecule has 25 heavy (non-hydrogen) atoms. The third-order valence-corrected chi connectivity index (χ3v) is 4.83. The van der Waals surface area contributed by atoms with Gasteiger partial charge in [-0.1, -0.05) is 57.2 Å². The van der Waals surface area contributed by atoms with Crippen LogP contribution < -0.4 is 16.2 Å². The molecule has 0 saturated heterocycles. The first-order valence-corrected chi connectivity index (χ1v) is 8.88. The summed E-state index contributed by atoms with van der Waals surface area (Å²) >= 11 is 0. The van der Waals surface area contributed by atoms with E-state index < -0.39 is 11.8 Å². The second-order valence-corrected chi connectivity index (χ2v) is 7.75. The van der Waals surface area contributed by atoms with E-state index in [4.69, 9.17) is 0 Å². The zero-order valence-electron chi connectivity index (χ0n) is 15.6. The molecule has 1 aromatic carbocycles. The van der Waals surface area contributed by atoms with Gasteiger partial charge < -0.3 is 10.7 Å². The Morgan fingerprint density at radius 1 is 1.12 bits per heavy atom. The molecule has 0 fully saturated rings. The van der Waals surface area contributed by atoms with Gasteiger partial charge in [0, 0.05) is 5.70 Å². The van der Waals surface area contributed by atoms with E-state index in [1.807, 2.05) is 37.3 Å². The molecule has 136 valence electrons. The minimum atomic E-state index is -0.679. The summed E-state index contributed by atoms with van der Waals surface area (Å²) in [6.45, 7) is 8.61. The smallest absolute Gasteiger partial charge is 0.327 e. The lowest BCUT2D eigenvalue weighted by Crippen LogP contribution is -2.46. The van der Waals surface area contributed by atoms with Crippen molar-refractivity contribution in [1.29, 1.82) is 0 Å². The van der Waals surface area contributed by atoms with Gasteiger partial charge in [-0.15, -0.1) is 0 Å². The number of hydrogen-bond acceptors (Lipinski definition) is 3. The third kappa shape index (κ3) is 5.62. The number of rotatable bonds is 4. The van der Waals surface area contributed by atoms with Crippen molar-refractivity contribution in [3.63, 3.8) is 0 Å². The molecule has 2 rings (SSSR count). The Morgan fingerprint density at radius 3 is 2.36 bits per heavy atom. The van der Waals surface area contributed by atoms with Crippen molar-refractivity contribution in [3.8, 4) is 0 Å². The molecule has 2 amide bonds. The van der Waals surface area contributed by atoms with Crippen LogP contribution in [0.5, 0.6) is 0 Å². The fourth-order valence-electron chi connectivity index (χ4n) is 3.02. The van der Waals surface area contributed by atoms with Gasteiger partial charge in [-0.3, -0.25) is 15.0 Å². The van der Waals surface area contributed by atoms with Gasteiger partial charge in [0.05, 0.1) is 6.04 Å². The first-order chi connectivity index (χ1) is 11.8. The number of carbonyl (C=O) groups excluding carboxylic acids is 2. The molecule has 0 spiro atoms. The maximum Gasteiger partial charge on any atom is 0.327 e. The first kappa shape index (κ1) is 19.0. The van der Waals surface area contributed by atoms with Crippen LogP contribution in [0, 0.1) is 11.3 Å². The van der Waals surface area contributed by atoms with Crippen LogP contribution in [0.25, 0.3) is 0 Å². The quantitative estimate of drug-likeness (QED) is 0.581. The van der Waals surface area contributed by atoms with Gasteiger partial charge in [0.1, 0.15) is 0 Å². The molecule has 0 saturated carbocycles. The van der Waals surface area contributed by atoms with Gasteiger partial charge in [0.2, 0.25) is 0 Å². The Hall–Kier alpha value is -2.30. The van der Waals surface area contributed by atoms with Gasteiger partial charge in [-0.2, -0.15) is 0 Å². The number of benzene rings is 1. The largest absolute Gasteiger partial charge is 0.341 e. The predicted octanol–water partition coefficient (Wildman–Crippen LogP) is 3.21. The molecular formula is C20H29N3O2. The van der Waals surface area contributed by atoms with Gasteiger partial charge in [0.25, 0.3) is 0 Å². The Balaban J connectivity index is 1.78. The van der Waals surface area contributed by atoms with E-state index in [1.165, 1.54) is 0 Å². The summed E-state index contributed by atoms with van der Waals surface area (Å²) in [6.07, 6.45) is 5.06. The van der Waals surface area contributed by atoms with E-state index in [0.717, 1.165) is 30.5 Å². The number of carbonyl (C=O) groups is 2. The van der Waals surface area contributed by atoms with Gasteiger partial charge >= 0.3 is 11.8 Å². The van der Waals surface area contributed by atoms with Crippen LogP contribution in [-0.4, -0.2) is 11.8 Å². The number of hydrogen-bond donors (Lipinski definition) is 3. The highest BCUT2D eigenvalue weighted by molar-refractivity contribution is 6.35. The average Bonchev–Trinajstić information content (AvgIpc) is 2.60. The first-order valence-electron chi connectivity index (χ1n) is 8.88. The number of hydrazine groups is 1. The van der Waals surface area contributed by atoms with Crippen molar-refractivity contribution in [2.24, 2.45) is 11.3 Å². The van der Waals surface area contributed by atoms with Crippen LogP contribution in [-0.2, 0) is 9.59 Å². The summed E-state index contributed by atoms with van der Waals surface area (Å²) in [5.74, 6) is -0.682. The number of amides is 2. The summed E-state index contributed by atoms with van der Waals surface area (Å²) < 4.78 is 0. The van der Waals surface area contributed by atoms with Crippen LogP contribution >= 0.6 is 0 Å². The second-order valence-electron chi connectivity index (χ2n) is 7.75. The Kier molecular flexibility index (Phi) is 6.23. The van der Waals surface area contributed by atoms with E-state index in [2.05, 4.69) is 43.0 Å². The molecule has 1 aliphatic rings. The maximum atomic E-state index is 12.0. The lowest BCUT2D eigenvalue weighted by Gasteiger charge is -2.33. The van der Waals surface area contributed by atoms with Crippen LogP contribution in [0.3, 0.4) is 0 Å². The van der Waals surface area contributed by atoms with E-state index in [9.17, 15) is 9.59 Å². The van der Waals surface area contributed by atoms with Gasteiger partial charge in [0.15, 0.2) is 0 Å². The zero-order valence-corrected chi connectivity index (χ0v) is 15.6. The van der Waals surface area contributed by atoms with E-state index >= 15 is 0 Å². The molecule has 5 heteroatoms. The highest BCUT2D eigenvalue weighted by Gasteiger charge is 2.26. The Morgan fingerprint density at radius 2 is 1.80 bits per heavy atom. The Bertz CT molecular complexity index is 632. The summed E-state index contributed by atoms with van der Waals surface area (Å²) in [7, 11) is 0. The van der Waals surface area contributed by atoms with Crippen molar-refractivity contribution < 1.29 is 9.59 Å². The van der Waals surface area contributed by atoms with Crippen LogP contribution in [0.4, 0.5) is 0 Å². The van der Waals surface area contributed by atoms with Gasteiger partial charge in [-0.05, 0) is 43.1 Å². The molecule has 0 radical (unpaired) electrons. The standard InChI is InChI=1S/C20H29N3O2/c1-14(15-8-6-5-7-9-15)21-18(24)19(25)23-22-17-12-10-16(11-13-17)20(2,3)4/h5-9,12,14,16,22H,10-11,13H2,1-4H3,(H,21,24)(H,23,25)/t14-,16+/m1/s1. The molecule has 1 aromatic rings. The fraction of sp³-hybridized carbons (Fsp3) is 0.500. The van der Waals surface area contributed by atoms with Crippen LogP contribution in [0.15, 0.2) is 42.1 Å². The average molecular weight is 343 g/mol. The summed E-state index contributed by atoms with van der Waals surface area (Å²) in [6, 6.07) is 9.33. The molecule has 0 unspecified atom stereocenters. The highest BCUT2D eigenvalue weighted by atomic mass is 16.2. The molecule has 3 N–H and O–H groups in total. The van der Waals surface area contributed by atoms with E-state index in [-0.39, 0.29) is 6.04 Å². The van der Waals surface area contributed by atoms with E-state index in [0.29, 0.717) is 11.3 Å². The molecular weight excluding hydrogens is 314 g/mol. The van der Waals surface area contributed by atoms with Crippen LogP contribution in [0.1, 0.15) is 58.6 Å². The zero-order chi connectivity index (χ0) is 18.4. The van der Waals surface area contributed by atoms with Crippen molar-refractivity contribution in [2.45, 2.75) is 53.0 Å². The highest BCUT2D eigenvalue weighted by Crippen LogP contribution is 2.36. The lowest BCUT2D eigenvalue weighted by molar-refractivity contribution is -0.140. The third-order valence-electron chi connectivity index (χ3n) is 4.83. The molecule has 2 atom stereocenters.